The van der Waals surface area contributed by atoms with Crippen molar-refractivity contribution in [2.75, 3.05) is 33.2 Å². The van der Waals surface area contributed by atoms with Crippen molar-refractivity contribution >= 4 is 11.9 Å². The lowest BCUT2D eigenvalue weighted by molar-refractivity contribution is -0.128. The molecule has 0 unspecified atom stereocenters. The molecule has 6 heteroatoms. The van der Waals surface area contributed by atoms with Gasteiger partial charge in [-0.05, 0) is 30.9 Å². The average Bonchev–Trinajstić information content (AvgIpc) is 2.64. The summed E-state index contributed by atoms with van der Waals surface area (Å²) in [5.41, 5.74) is 0.958. The van der Waals surface area contributed by atoms with Crippen LogP contribution in [-0.4, -0.2) is 59.9 Å². The van der Waals surface area contributed by atoms with Crippen LogP contribution in [0.3, 0.4) is 0 Å². The fourth-order valence-corrected chi connectivity index (χ4v) is 2.93. The van der Waals surface area contributed by atoms with Crippen molar-refractivity contribution in [1.29, 1.82) is 0 Å². The second-order valence-electron chi connectivity index (χ2n) is 6.41. The van der Waals surface area contributed by atoms with Gasteiger partial charge in [-0.2, -0.15) is 0 Å². The van der Waals surface area contributed by atoms with Gasteiger partial charge in [0.15, 0.2) is 0 Å². The lowest BCUT2D eigenvalue weighted by Crippen LogP contribution is -2.48. The molecule has 0 saturated carbocycles. The van der Waals surface area contributed by atoms with Crippen molar-refractivity contribution < 1.29 is 9.59 Å². The lowest BCUT2D eigenvalue weighted by atomic mass is 9.96. The smallest absolute Gasteiger partial charge is 0.317 e. The molecule has 1 aliphatic heterocycles. The first-order chi connectivity index (χ1) is 11.6. The molecule has 1 aliphatic rings. The average molecular weight is 332 g/mol. The second-order valence-corrected chi connectivity index (χ2v) is 6.41. The van der Waals surface area contributed by atoms with Crippen molar-refractivity contribution in [2.45, 2.75) is 32.6 Å². The summed E-state index contributed by atoms with van der Waals surface area (Å²) in [7, 11) is 1.76. The molecule has 2 heterocycles. The predicted molar refractivity (Wildman–Crippen MR) is 93.6 cm³/mol. The first-order valence-electron chi connectivity index (χ1n) is 8.76. The van der Waals surface area contributed by atoms with Gasteiger partial charge in [-0.15, -0.1) is 0 Å². The maximum absolute atomic E-state index is 12.2. The molecule has 24 heavy (non-hydrogen) atoms. The van der Waals surface area contributed by atoms with Crippen molar-refractivity contribution in [3.05, 3.63) is 30.1 Å². The van der Waals surface area contributed by atoms with Gasteiger partial charge >= 0.3 is 6.03 Å². The van der Waals surface area contributed by atoms with Crippen LogP contribution in [0, 0.1) is 5.92 Å². The van der Waals surface area contributed by atoms with Gasteiger partial charge in [-0.25, -0.2) is 4.79 Å². The van der Waals surface area contributed by atoms with Gasteiger partial charge in [0.1, 0.15) is 0 Å². The zero-order valence-corrected chi connectivity index (χ0v) is 14.7. The van der Waals surface area contributed by atoms with E-state index in [1.165, 1.54) is 6.42 Å². The molecule has 0 spiro atoms. The summed E-state index contributed by atoms with van der Waals surface area (Å²) in [6.45, 7) is 4.38. The maximum atomic E-state index is 12.2. The van der Waals surface area contributed by atoms with E-state index < -0.39 is 0 Å². The molecule has 2 rings (SSSR count). The summed E-state index contributed by atoms with van der Waals surface area (Å²) >= 11 is 0. The summed E-state index contributed by atoms with van der Waals surface area (Å²) in [5, 5.41) is 2.76. The maximum Gasteiger partial charge on any atom is 0.317 e. The minimum Gasteiger partial charge on any atom is -0.344 e. The van der Waals surface area contributed by atoms with Gasteiger partial charge in [0.05, 0.1) is 6.54 Å². The van der Waals surface area contributed by atoms with Crippen LogP contribution in [-0.2, 0) is 11.2 Å². The minimum absolute atomic E-state index is 0.0465. The normalized spacial score (nSPS) is 17.4. The van der Waals surface area contributed by atoms with Crippen molar-refractivity contribution in [3.8, 4) is 0 Å². The number of hydrogen-bond donors (Lipinski definition) is 1. The van der Waals surface area contributed by atoms with E-state index in [9.17, 15) is 9.59 Å². The van der Waals surface area contributed by atoms with Crippen LogP contribution in [0.15, 0.2) is 24.4 Å². The number of hydrogen-bond acceptors (Lipinski definition) is 3. The van der Waals surface area contributed by atoms with Crippen LogP contribution in [0.2, 0.25) is 0 Å². The second kappa shape index (κ2) is 9.25. The number of aromatic nitrogens is 1. The number of carbonyl (C=O) groups excluding carboxylic acids is 2. The van der Waals surface area contributed by atoms with Crippen molar-refractivity contribution in [1.82, 2.24) is 20.1 Å². The number of piperidine rings is 1. The number of rotatable bonds is 6. The zero-order valence-electron chi connectivity index (χ0n) is 14.7. The highest BCUT2D eigenvalue weighted by atomic mass is 16.2. The molecule has 1 fully saturated rings. The van der Waals surface area contributed by atoms with Gasteiger partial charge in [-0.3, -0.25) is 9.78 Å². The number of likely N-dealkylation sites (tertiary alicyclic amines) is 1. The first kappa shape index (κ1) is 18.2. The van der Waals surface area contributed by atoms with E-state index in [1.807, 2.05) is 23.1 Å². The van der Waals surface area contributed by atoms with Gasteiger partial charge in [0.2, 0.25) is 5.91 Å². The Kier molecular flexibility index (Phi) is 7.03. The third-order valence-electron chi connectivity index (χ3n) is 4.63. The Hall–Kier alpha value is -2.11. The molecule has 1 N–H and O–H groups in total. The lowest BCUT2D eigenvalue weighted by Gasteiger charge is -2.32. The number of carbonyl (C=O) groups is 2. The Labute approximate surface area is 144 Å². The predicted octanol–water partition coefficient (Wildman–Crippen LogP) is 1.91. The Morgan fingerprint density at radius 2 is 2.25 bits per heavy atom. The molecular formula is C18H28N4O2. The molecule has 6 nitrogen and oxygen atoms in total. The highest BCUT2D eigenvalue weighted by Gasteiger charge is 2.23. The molecule has 1 aromatic heterocycles. The Bertz CT molecular complexity index is 535. The van der Waals surface area contributed by atoms with Crippen LogP contribution >= 0.6 is 0 Å². The highest BCUT2D eigenvalue weighted by Crippen LogP contribution is 2.18. The summed E-state index contributed by atoms with van der Waals surface area (Å²) < 4.78 is 0. The number of pyridine rings is 1. The molecule has 1 saturated heterocycles. The molecule has 0 aromatic carbocycles. The van der Waals surface area contributed by atoms with E-state index in [4.69, 9.17) is 0 Å². The molecule has 1 atom stereocenters. The zero-order chi connectivity index (χ0) is 17.4. The van der Waals surface area contributed by atoms with E-state index in [0.29, 0.717) is 18.9 Å². The third kappa shape index (κ3) is 5.51. The van der Waals surface area contributed by atoms with E-state index >= 15 is 0 Å². The molecule has 1 aromatic rings. The van der Waals surface area contributed by atoms with E-state index in [1.54, 1.807) is 18.1 Å². The first-order valence-corrected chi connectivity index (χ1v) is 8.76. The van der Waals surface area contributed by atoms with Crippen molar-refractivity contribution in [2.24, 2.45) is 5.92 Å². The molecular weight excluding hydrogens is 304 g/mol. The highest BCUT2D eigenvalue weighted by molar-refractivity contribution is 5.83. The third-order valence-corrected chi connectivity index (χ3v) is 4.63. The fraction of sp³-hybridized carbons (Fsp3) is 0.611. The monoisotopic (exact) mass is 332 g/mol. The van der Waals surface area contributed by atoms with E-state index in [0.717, 1.165) is 31.6 Å². The largest absolute Gasteiger partial charge is 0.344 e. The molecule has 3 amide bonds. The Balaban J connectivity index is 1.70. The van der Waals surface area contributed by atoms with Gasteiger partial charge in [0, 0.05) is 45.0 Å². The van der Waals surface area contributed by atoms with Gasteiger partial charge in [0.25, 0.3) is 0 Å². The van der Waals surface area contributed by atoms with Gasteiger partial charge in [-0.1, -0.05) is 19.4 Å². The number of likely N-dealkylation sites (N-methyl/N-ethyl adjacent to an activating group) is 1. The molecule has 0 aliphatic carbocycles. The summed E-state index contributed by atoms with van der Waals surface area (Å²) in [5.74, 6) is 0.504. The SMILES string of the molecule is CC[C@@H]1CCCN(C(=O)NCC(=O)N(C)CCc2ccccn2)C1. The Morgan fingerprint density at radius 1 is 1.42 bits per heavy atom. The molecule has 132 valence electrons. The quantitative estimate of drug-likeness (QED) is 0.865. The fourth-order valence-electron chi connectivity index (χ4n) is 2.93. The Morgan fingerprint density at radius 3 is 2.96 bits per heavy atom. The number of urea groups is 1. The van der Waals surface area contributed by atoms with Crippen LogP contribution in [0.1, 0.15) is 31.9 Å². The van der Waals surface area contributed by atoms with Crippen LogP contribution in [0.5, 0.6) is 0 Å². The van der Waals surface area contributed by atoms with E-state index in [-0.39, 0.29) is 18.5 Å². The topological polar surface area (TPSA) is 65.5 Å². The summed E-state index contributed by atoms with van der Waals surface area (Å²) in [4.78, 5) is 32.1. The summed E-state index contributed by atoms with van der Waals surface area (Å²) in [6, 6.07) is 5.63. The van der Waals surface area contributed by atoms with Crippen LogP contribution in [0.4, 0.5) is 4.79 Å². The molecule has 0 bridgehead atoms. The number of nitrogens with one attached hydrogen (secondary N) is 1. The minimum atomic E-state index is -0.125. The van der Waals surface area contributed by atoms with Crippen molar-refractivity contribution in [3.63, 3.8) is 0 Å². The number of nitrogens with zero attached hydrogens (tertiary/aromatic N) is 3. The molecule has 0 radical (unpaired) electrons. The number of amides is 3. The summed E-state index contributed by atoms with van der Waals surface area (Å²) in [6.07, 6.45) is 5.79. The standard InChI is InChI=1S/C18H28N4O2/c1-3-15-7-6-11-22(14-15)18(24)20-13-17(23)21(2)12-9-16-8-4-5-10-19-16/h4-5,8,10,15H,3,6-7,9,11-14H2,1-2H3,(H,20,24)/t15-/m1/s1. The van der Waals surface area contributed by atoms with Gasteiger partial charge < -0.3 is 15.1 Å². The van der Waals surface area contributed by atoms with Crippen LogP contribution < -0.4 is 5.32 Å². The van der Waals surface area contributed by atoms with Crippen LogP contribution in [0.25, 0.3) is 0 Å². The van der Waals surface area contributed by atoms with E-state index in [2.05, 4.69) is 17.2 Å².